The van der Waals surface area contributed by atoms with Gasteiger partial charge in [0.1, 0.15) is 0 Å². The second-order valence-electron chi connectivity index (χ2n) is 8.74. The Morgan fingerprint density at radius 1 is 0.972 bits per heavy atom. The van der Waals surface area contributed by atoms with Crippen molar-refractivity contribution in [1.29, 1.82) is 0 Å². The number of benzene rings is 3. The van der Waals surface area contributed by atoms with Crippen LogP contribution in [0.15, 0.2) is 88.8 Å². The van der Waals surface area contributed by atoms with Gasteiger partial charge in [0.25, 0.3) is 5.56 Å². The predicted molar refractivity (Wildman–Crippen MR) is 143 cm³/mol. The van der Waals surface area contributed by atoms with Gasteiger partial charge in [-0.25, -0.2) is 0 Å². The highest BCUT2D eigenvalue weighted by atomic mass is 32.2. The van der Waals surface area contributed by atoms with E-state index in [9.17, 15) is 9.59 Å². The van der Waals surface area contributed by atoms with Crippen molar-refractivity contribution in [3.63, 3.8) is 0 Å². The zero-order chi connectivity index (χ0) is 25.1. The molecule has 0 aliphatic heterocycles. The number of aromatic nitrogens is 4. The van der Waals surface area contributed by atoms with E-state index in [0.717, 1.165) is 23.1 Å². The Morgan fingerprint density at radius 3 is 2.44 bits per heavy atom. The van der Waals surface area contributed by atoms with Crippen LogP contribution in [0.1, 0.15) is 36.1 Å². The summed E-state index contributed by atoms with van der Waals surface area (Å²) in [4.78, 5) is 26.2. The van der Waals surface area contributed by atoms with E-state index in [0.29, 0.717) is 22.9 Å². The zero-order valence-electron chi connectivity index (χ0n) is 20.2. The molecule has 1 N–H and O–H groups in total. The molecular formula is C28H27N5O2S. The third-order valence-corrected chi connectivity index (χ3v) is 7.15. The Kier molecular flexibility index (Phi) is 6.86. The van der Waals surface area contributed by atoms with Crippen LogP contribution in [0.2, 0.25) is 0 Å². The van der Waals surface area contributed by atoms with Gasteiger partial charge in [0.15, 0.2) is 5.16 Å². The largest absolute Gasteiger partial charge is 0.349 e. The van der Waals surface area contributed by atoms with E-state index in [1.54, 1.807) is 4.57 Å². The number of nitrogens with zero attached hydrogens (tertiary/aromatic N) is 4. The van der Waals surface area contributed by atoms with E-state index in [2.05, 4.69) is 46.7 Å². The minimum atomic E-state index is -0.118. The third-order valence-electron chi connectivity index (χ3n) is 6.22. The van der Waals surface area contributed by atoms with Crippen LogP contribution in [0.5, 0.6) is 0 Å². The molecule has 0 saturated carbocycles. The first-order chi connectivity index (χ1) is 17.5. The van der Waals surface area contributed by atoms with Crippen molar-refractivity contribution in [3.8, 4) is 0 Å². The minimum Gasteiger partial charge on any atom is -0.349 e. The summed E-state index contributed by atoms with van der Waals surface area (Å²) in [6.45, 7) is 4.49. The maximum absolute atomic E-state index is 13.3. The quantitative estimate of drug-likeness (QED) is 0.313. The summed E-state index contributed by atoms with van der Waals surface area (Å²) in [6.07, 6.45) is 0.795. The van der Waals surface area contributed by atoms with Crippen LogP contribution in [-0.2, 0) is 11.3 Å². The Labute approximate surface area is 213 Å². The molecule has 0 saturated heterocycles. The first-order valence-corrected chi connectivity index (χ1v) is 12.9. The summed E-state index contributed by atoms with van der Waals surface area (Å²) in [7, 11) is 0. The van der Waals surface area contributed by atoms with Gasteiger partial charge in [-0.2, -0.15) is 0 Å². The maximum atomic E-state index is 13.3. The van der Waals surface area contributed by atoms with Gasteiger partial charge < -0.3 is 5.32 Å². The molecule has 2 heterocycles. The fourth-order valence-corrected chi connectivity index (χ4v) is 5.07. The third kappa shape index (κ3) is 4.77. The molecule has 5 aromatic rings. The van der Waals surface area contributed by atoms with Gasteiger partial charge in [0, 0.05) is 0 Å². The molecule has 36 heavy (non-hydrogen) atoms. The number of aryl methyl sites for hydroxylation is 1. The molecule has 182 valence electrons. The van der Waals surface area contributed by atoms with Gasteiger partial charge in [-0.1, -0.05) is 91.0 Å². The Bertz CT molecular complexity index is 1580. The van der Waals surface area contributed by atoms with Crippen LogP contribution < -0.4 is 10.9 Å². The van der Waals surface area contributed by atoms with Gasteiger partial charge >= 0.3 is 0 Å². The van der Waals surface area contributed by atoms with E-state index in [1.807, 2.05) is 65.9 Å². The Morgan fingerprint density at radius 2 is 1.69 bits per heavy atom. The highest BCUT2D eigenvalue weighted by Gasteiger charge is 2.19. The van der Waals surface area contributed by atoms with Crippen molar-refractivity contribution >= 4 is 34.3 Å². The lowest BCUT2D eigenvalue weighted by atomic mass is 10.0. The smallest absolute Gasteiger partial charge is 0.263 e. The number of carbonyl (C=O) groups excluding carboxylic acids is 1. The molecule has 2 aromatic heterocycles. The summed E-state index contributed by atoms with van der Waals surface area (Å²) in [5.41, 5.74) is 3.88. The minimum absolute atomic E-state index is 0.0503. The average molecular weight is 498 g/mol. The van der Waals surface area contributed by atoms with Crippen molar-refractivity contribution in [3.05, 3.63) is 106 Å². The lowest BCUT2D eigenvalue weighted by Crippen LogP contribution is -2.29. The maximum Gasteiger partial charge on any atom is 0.263 e. The van der Waals surface area contributed by atoms with E-state index in [4.69, 9.17) is 0 Å². The lowest BCUT2D eigenvalue weighted by Gasteiger charge is -2.17. The van der Waals surface area contributed by atoms with Gasteiger partial charge in [-0.3, -0.25) is 18.6 Å². The summed E-state index contributed by atoms with van der Waals surface area (Å²) >= 11 is 1.31. The first-order valence-electron chi connectivity index (χ1n) is 11.9. The highest BCUT2D eigenvalue weighted by Crippen LogP contribution is 2.23. The number of fused-ring (bicyclic) bond motifs is 3. The molecule has 1 atom stereocenters. The summed E-state index contributed by atoms with van der Waals surface area (Å²) in [5.74, 6) is 0.567. The molecule has 0 spiro atoms. The number of hydrogen-bond acceptors (Lipinski definition) is 5. The van der Waals surface area contributed by atoms with Crippen molar-refractivity contribution in [2.24, 2.45) is 0 Å². The van der Waals surface area contributed by atoms with Crippen molar-refractivity contribution < 1.29 is 4.79 Å². The molecule has 0 aliphatic rings. The van der Waals surface area contributed by atoms with Crippen LogP contribution in [-0.4, -0.2) is 30.8 Å². The van der Waals surface area contributed by atoms with E-state index in [-0.39, 0.29) is 23.3 Å². The summed E-state index contributed by atoms with van der Waals surface area (Å²) in [5, 5.41) is 13.0. The molecule has 0 aliphatic carbocycles. The molecule has 0 radical (unpaired) electrons. The molecule has 0 bridgehead atoms. The molecule has 7 nitrogen and oxygen atoms in total. The number of carbonyl (C=O) groups is 1. The normalized spacial score (nSPS) is 12.2. The Hall–Kier alpha value is -3.91. The SMILES string of the molecule is CCC(NC(=O)CSc1nnc2n(Cc3ccccc3)c(=O)c3ccccc3n12)c1ccc(C)cc1. The molecule has 1 unspecified atom stereocenters. The number of thioether (sulfide) groups is 1. The monoisotopic (exact) mass is 497 g/mol. The highest BCUT2D eigenvalue weighted by molar-refractivity contribution is 7.99. The molecule has 3 aromatic carbocycles. The van der Waals surface area contributed by atoms with E-state index < -0.39 is 0 Å². The lowest BCUT2D eigenvalue weighted by molar-refractivity contribution is -0.119. The summed E-state index contributed by atoms with van der Waals surface area (Å²) in [6, 6.07) is 25.4. The van der Waals surface area contributed by atoms with Crippen LogP contribution >= 0.6 is 11.8 Å². The molecule has 0 fully saturated rings. The van der Waals surface area contributed by atoms with Crippen LogP contribution in [0.4, 0.5) is 0 Å². The zero-order valence-corrected chi connectivity index (χ0v) is 21.0. The van der Waals surface area contributed by atoms with E-state index >= 15 is 0 Å². The second kappa shape index (κ2) is 10.4. The van der Waals surface area contributed by atoms with Crippen LogP contribution in [0.25, 0.3) is 16.7 Å². The number of amides is 1. The van der Waals surface area contributed by atoms with Gasteiger partial charge in [0.05, 0.1) is 29.2 Å². The second-order valence-corrected chi connectivity index (χ2v) is 9.68. The standard InChI is InChI=1S/C28H27N5O2S/c1-3-23(21-15-13-19(2)14-16-21)29-25(34)18-36-28-31-30-27-32(17-20-9-5-4-6-10-20)26(35)22-11-7-8-12-24(22)33(27)28/h4-16,23H,3,17-18H2,1-2H3,(H,29,34). The van der Waals surface area contributed by atoms with Crippen molar-refractivity contribution in [1.82, 2.24) is 24.5 Å². The molecular weight excluding hydrogens is 470 g/mol. The van der Waals surface area contributed by atoms with Gasteiger partial charge in [0.2, 0.25) is 11.7 Å². The fourth-order valence-electron chi connectivity index (χ4n) is 4.32. The van der Waals surface area contributed by atoms with Crippen LogP contribution in [0, 0.1) is 6.92 Å². The van der Waals surface area contributed by atoms with E-state index in [1.165, 1.54) is 17.3 Å². The molecule has 8 heteroatoms. The average Bonchev–Trinajstić information content (AvgIpc) is 3.34. The van der Waals surface area contributed by atoms with Crippen molar-refractivity contribution in [2.75, 3.05) is 5.75 Å². The molecule has 1 amide bonds. The number of nitrogens with one attached hydrogen (secondary N) is 1. The topological polar surface area (TPSA) is 81.3 Å². The van der Waals surface area contributed by atoms with Crippen molar-refractivity contribution in [2.45, 2.75) is 38.0 Å². The number of para-hydroxylation sites is 1. The number of hydrogen-bond donors (Lipinski definition) is 1. The van der Waals surface area contributed by atoms with Gasteiger partial charge in [-0.15, -0.1) is 10.2 Å². The van der Waals surface area contributed by atoms with Gasteiger partial charge in [-0.05, 0) is 36.6 Å². The first kappa shape index (κ1) is 23.8. The Balaban J connectivity index is 1.43. The predicted octanol–water partition coefficient (Wildman–Crippen LogP) is 4.76. The number of rotatable bonds is 8. The molecule has 5 rings (SSSR count). The van der Waals surface area contributed by atoms with Crippen LogP contribution in [0.3, 0.4) is 0 Å². The fraction of sp³-hybridized carbons (Fsp3) is 0.214. The summed E-state index contributed by atoms with van der Waals surface area (Å²) < 4.78 is 3.51.